The number of aryl methyl sites for hydroxylation is 1. The molecule has 0 bridgehead atoms. The largest absolute Gasteiger partial charge is 0.311 e. The van der Waals surface area contributed by atoms with Crippen LogP contribution in [0.3, 0.4) is 0 Å². The Bertz CT molecular complexity index is 741. The van der Waals surface area contributed by atoms with Crippen LogP contribution in [-0.2, 0) is 11.8 Å². The molecule has 1 aromatic heterocycles. The highest BCUT2D eigenvalue weighted by Crippen LogP contribution is 2.30. The lowest BCUT2D eigenvalue weighted by Crippen LogP contribution is -2.24. The van der Waals surface area contributed by atoms with Crippen molar-refractivity contribution in [2.24, 2.45) is 7.05 Å². The van der Waals surface area contributed by atoms with Crippen molar-refractivity contribution in [3.63, 3.8) is 0 Å². The van der Waals surface area contributed by atoms with Gasteiger partial charge in [0.1, 0.15) is 0 Å². The monoisotopic (exact) mass is 318 g/mol. The molecule has 0 unspecified atom stereocenters. The molecule has 1 aliphatic heterocycles. The van der Waals surface area contributed by atoms with Crippen LogP contribution in [0.2, 0.25) is 5.02 Å². The van der Waals surface area contributed by atoms with E-state index in [1.807, 2.05) is 0 Å². The van der Waals surface area contributed by atoms with E-state index < -0.39 is 0 Å². The van der Waals surface area contributed by atoms with E-state index in [0.29, 0.717) is 35.1 Å². The first-order valence-electron chi connectivity index (χ1n) is 6.95. The number of carbonyl (C=O) groups is 2. The third-order valence-corrected chi connectivity index (χ3v) is 3.85. The second-order valence-electron chi connectivity index (χ2n) is 5.14. The highest BCUT2D eigenvalue weighted by atomic mass is 35.5. The molecule has 0 saturated carbocycles. The van der Waals surface area contributed by atoms with Crippen LogP contribution in [0.15, 0.2) is 30.5 Å². The average Bonchev–Trinajstić information content (AvgIpc) is 3.08. The molecular weight excluding hydrogens is 304 g/mol. The van der Waals surface area contributed by atoms with Crippen molar-refractivity contribution in [3.8, 4) is 0 Å². The van der Waals surface area contributed by atoms with E-state index in [2.05, 4.69) is 10.4 Å². The fourth-order valence-corrected chi connectivity index (χ4v) is 2.65. The van der Waals surface area contributed by atoms with Crippen LogP contribution in [0, 0.1) is 0 Å². The van der Waals surface area contributed by atoms with E-state index in [0.717, 1.165) is 6.42 Å². The minimum atomic E-state index is -0.289. The molecule has 7 heteroatoms. The molecule has 2 aromatic rings. The molecule has 1 aliphatic rings. The third-order valence-electron chi connectivity index (χ3n) is 3.53. The molecule has 2 amide bonds. The van der Waals surface area contributed by atoms with Crippen molar-refractivity contribution >= 4 is 34.9 Å². The number of carbonyl (C=O) groups excluding carboxylic acids is 2. The molecule has 0 aliphatic carbocycles. The Labute approximate surface area is 132 Å². The van der Waals surface area contributed by atoms with Crippen LogP contribution >= 0.6 is 11.6 Å². The van der Waals surface area contributed by atoms with Gasteiger partial charge in [-0.2, -0.15) is 5.10 Å². The summed E-state index contributed by atoms with van der Waals surface area (Å²) in [6.45, 7) is 0.629. The van der Waals surface area contributed by atoms with Crippen LogP contribution in [0.1, 0.15) is 23.2 Å². The zero-order valence-electron chi connectivity index (χ0n) is 12.0. The molecule has 114 valence electrons. The molecule has 0 spiro atoms. The number of amides is 2. The highest BCUT2D eigenvalue weighted by molar-refractivity contribution is 6.34. The lowest BCUT2D eigenvalue weighted by Gasteiger charge is -2.18. The number of hydrogen-bond donors (Lipinski definition) is 1. The maximum atomic E-state index is 12.3. The molecular formula is C15H15ClN4O2. The van der Waals surface area contributed by atoms with Gasteiger partial charge in [0.15, 0.2) is 5.82 Å². The summed E-state index contributed by atoms with van der Waals surface area (Å²) in [6.07, 6.45) is 3.06. The SMILES string of the molecule is Cn1ccc(NC(=O)c2ccc(Cl)c(N3CCCC3=O)c2)n1. The minimum absolute atomic E-state index is 0.0317. The molecule has 3 rings (SSSR count). The summed E-state index contributed by atoms with van der Waals surface area (Å²) in [7, 11) is 1.77. The smallest absolute Gasteiger partial charge is 0.256 e. The zero-order chi connectivity index (χ0) is 15.7. The molecule has 0 atom stereocenters. The fraction of sp³-hybridized carbons (Fsp3) is 0.267. The molecule has 6 nitrogen and oxygen atoms in total. The Morgan fingerprint density at radius 2 is 2.18 bits per heavy atom. The standard InChI is InChI=1S/C15H15ClN4O2/c1-19-8-6-13(18-19)17-15(22)10-4-5-11(16)12(9-10)20-7-2-3-14(20)21/h4-6,8-9H,2-3,7H2,1H3,(H,17,18,22). The predicted octanol–water partition coefficient (Wildman–Crippen LogP) is 2.45. The van der Waals surface area contributed by atoms with Gasteiger partial charge in [-0.05, 0) is 24.6 Å². The van der Waals surface area contributed by atoms with Crippen molar-refractivity contribution in [3.05, 3.63) is 41.0 Å². The van der Waals surface area contributed by atoms with E-state index in [-0.39, 0.29) is 11.8 Å². The van der Waals surface area contributed by atoms with E-state index in [9.17, 15) is 9.59 Å². The molecule has 1 fully saturated rings. The molecule has 2 heterocycles. The minimum Gasteiger partial charge on any atom is -0.311 e. The van der Waals surface area contributed by atoms with Crippen molar-refractivity contribution in [2.45, 2.75) is 12.8 Å². The molecule has 0 radical (unpaired) electrons. The maximum absolute atomic E-state index is 12.3. The summed E-state index contributed by atoms with van der Waals surface area (Å²) in [6, 6.07) is 6.61. The van der Waals surface area contributed by atoms with Gasteiger partial charge in [-0.25, -0.2) is 0 Å². The lowest BCUT2D eigenvalue weighted by atomic mass is 10.1. The number of hydrogen-bond acceptors (Lipinski definition) is 3. The number of anilines is 2. The van der Waals surface area contributed by atoms with Crippen LogP contribution in [0.5, 0.6) is 0 Å². The van der Waals surface area contributed by atoms with Crippen LogP contribution < -0.4 is 10.2 Å². The summed E-state index contributed by atoms with van der Waals surface area (Å²) in [5.41, 5.74) is 1.02. The summed E-state index contributed by atoms with van der Waals surface area (Å²) in [4.78, 5) is 25.8. The summed E-state index contributed by atoms with van der Waals surface area (Å²) in [5.74, 6) is 0.216. The first-order valence-corrected chi connectivity index (χ1v) is 7.33. The highest BCUT2D eigenvalue weighted by Gasteiger charge is 2.24. The quantitative estimate of drug-likeness (QED) is 0.945. The summed E-state index contributed by atoms with van der Waals surface area (Å²) in [5, 5.41) is 7.27. The summed E-state index contributed by atoms with van der Waals surface area (Å²) < 4.78 is 1.60. The molecule has 1 saturated heterocycles. The van der Waals surface area contributed by atoms with Gasteiger partial charge in [-0.1, -0.05) is 11.6 Å². The number of nitrogens with zero attached hydrogens (tertiary/aromatic N) is 3. The molecule has 1 N–H and O–H groups in total. The van der Waals surface area contributed by atoms with Crippen molar-refractivity contribution in [1.29, 1.82) is 0 Å². The number of benzene rings is 1. The van der Waals surface area contributed by atoms with Gasteiger partial charge >= 0.3 is 0 Å². The van der Waals surface area contributed by atoms with Crippen molar-refractivity contribution < 1.29 is 9.59 Å². The molecule has 22 heavy (non-hydrogen) atoms. The van der Waals surface area contributed by atoms with Crippen molar-refractivity contribution in [1.82, 2.24) is 9.78 Å². The first-order chi connectivity index (χ1) is 10.5. The van der Waals surface area contributed by atoms with Gasteiger partial charge in [-0.3, -0.25) is 14.3 Å². The van der Waals surface area contributed by atoms with Gasteiger partial charge in [0.2, 0.25) is 5.91 Å². The van der Waals surface area contributed by atoms with Crippen molar-refractivity contribution in [2.75, 3.05) is 16.8 Å². The van der Waals surface area contributed by atoms with Gasteiger partial charge < -0.3 is 10.2 Å². The number of halogens is 1. The van der Waals surface area contributed by atoms with Gasteiger partial charge in [-0.15, -0.1) is 0 Å². The Hall–Kier alpha value is -2.34. The van der Waals surface area contributed by atoms with E-state index in [4.69, 9.17) is 11.6 Å². The second kappa shape index (κ2) is 5.81. The van der Waals surface area contributed by atoms with E-state index >= 15 is 0 Å². The Morgan fingerprint density at radius 1 is 1.36 bits per heavy atom. The maximum Gasteiger partial charge on any atom is 0.256 e. The Morgan fingerprint density at radius 3 is 2.82 bits per heavy atom. The number of nitrogens with one attached hydrogen (secondary N) is 1. The van der Waals surface area contributed by atoms with Crippen LogP contribution in [0.4, 0.5) is 11.5 Å². The Balaban J connectivity index is 1.85. The predicted molar refractivity (Wildman–Crippen MR) is 84.2 cm³/mol. The van der Waals surface area contributed by atoms with Gasteiger partial charge in [0, 0.05) is 37.8 Å². The molecule has 1 aromatic carbocycles. The topological polar surface area (TPSA) is 67.2 Å². The van der Waals surface area contributed by atoms with Gasteiger partial charge in [0.05, 0.1) is 10.7 Å². The van der Waals surface area contributed by atoms with Gasteiger partial charge in [0.25, 0.3) is 5.91 Å². The average molecular weight is 319 g/mol. The number of aromatic nitrogens is 2. The number of rotatable bonds is 3. The van der Waals surface area contributed by atoms with Crippen LogP contribution in [0.25, 0.3) is 0 Å². The van der Waals surface area contributed by atoms with E-state index in [1.165, 1.54) is 0 Å². The zero-order valence-corrected chi connectivity index (χ0v) is 12.8. The van der Waals surface area contributed by atoms with Crippen LogP contribution in [-0.4, -0.2) is 28.1 Å². The summed E-state index contributed by atoms with van der Waals surface area (Å²) >= 11 is 6.17. The third kappa shape index (κ3) is 2.82. The van der Waals surface area contributed by atoms with E-state index in [1.54, 1.807) is 47.1 Å². The lowest BCUT2D eigenvalue weighted by molar-refractivity contribution is -0.117. The second-order valence-corrected chi connectivity index (χ2v) is 5.55. The fourth-order valence-electron chi connectivity index (χ4n) is 2.43. The Kier molecular flexibility index (Phi) is 3.85. The normalized spacial score (nSPS) is 14.5. The first kappa shape index (κ1) is 14.6.